The van der Waals surface area contributed by atoms with Crippen molar-refractivity contribution in [2.24, 2.45) is 0 Å². The van der Waals surface area contributed by atoms with Crippen LogP contribution < -0.4 is 5.32 Å². The summed E-state index contributed by atoms with van der Waals surface area (Å²) in [5.74, 6) is -0.0343. The molecule has 2 N–H and O–H groups in total. The number of rotatable bonds is 3. The second-order valence-corrected chi connectivity index (χ2v) is 5.15. The van der Waals surface area contributed by atoms with Gasteiger partial charge in [-0.2, -0.15) is 13.2 Å². The molecule has 2 rings (SSSR count). The van der Waals surface area contributed by atoms with Crippen LogP contribution in [0.25, 0.3) is 0 Å². The normalized spacial score (nSPS) is 11.5. The Morgan fingerprint density at radius 2 is 1.71 bits per heavy atom. The lowest BCUT2D eigenvalue weighted by molar-refractivity contribution is -0.137. The van der Waals surface area contributed by atoms with E-state index >= 15 is 0 Å². The second-order valence-electron chi connectivity index (χ2n) is 4.33. The fourth-order valence-electron chi connectivity index (χ4n) is 1.69. The fraction of sp³-hybridized carbons (Fsp3) is 0.143. The van der Waals surface area contributed by atoms with Gasteiger partial charge in [0.2, 0.25) is 0 Å². The Kier molecular flexibility index (Phi) is 4.54. The summed E-state index contributed by atoms with van der Waals surface area (Å²) >= 11 is 11.6. The molecule has 2 aromatic carbocycles. The number of benzene rings is 2. The standard InChI is InChI=1S/C14H10Cl2F3NO/c15-10-6-9(14(17,18)19)2-3-12(10)20-7-8-1-4-13(21)11(16)5-8/h1-6,20-21H,7H2. The summed E-state index contributed by atoms with van der Waals surface area (Å²) in [6, 6.07) is 7.74. The van der Waals surface area contributed by atoms with E-state index in [4.69, 9.17) is 23.2 Å². The van der Waals surface area contributed by atoms with Gasteiger partial charge in [0, 0.05) is 6.54 Å². The average molecular weight is 336 g/mol. The number of hydrogen-bond acceptors (Lipinski definition) is 2. The van der Waals surface area contributed by atoms with Gasteiger partial charge in [0.05, 0.1) is 21.3 Å². The van der Waals surface area contributed by atoms with Crippen molar-refractivity contribution >= 4 is 28.9 Å². The first-order valence-electron chi connectivity index (χ1n) is 5.85. The monoisotopic (exact) mass is 335 g/mol. The van der Waals surface area contributed by atoms with Crippen LogP contribution in [-0.2, 0) is 12.7 Å². The minimum absolute atomic E-state index is 0.0188. The van der Waals surface area contributed by atoms with Gasteiger partial charge in [-0.3, -0.25) is 0 Å². The number of phenols is 1. The summed E-state index contributed by atoms with van der Waals surface area (Å²) in [6.45, 7) is 0.311. The van der Waals surface area contributed by atoms with Crippen molar-refractivity contribution in [1.29, 1.82) is 0 Å². The van der Waals surface area contributed by atoms with E-state index in [-0.39, 0.29) is 15.8 Å². The van der Waals surface area contributed by atoms with Crippen LogP contribution in [0.1, 0.15) is 11.1 Å². The van der Waals surface area contributed by atoms with Crippen molar-refractivity contribution in [3.63, 3.8) is 0 Å². The highest BCUT2D eigenvalue weighted by Crippen LogP contribution is 2.34. The third kappa shape index (κ3) is 3.95. The van der Waals surface area contributed by atoms with E-state index < -0.39 is 11.7 Å². The summed E-state index contributed by atoms with van der Waals surface area (Å²) in [4.78, 5) is 0. The van der Waals surface area contributed by atoms with Gasteiger partial charge in [-0.15, -0.1) is 0 Å². The molecule has 0 atom stereocenters. The van der Waals surface area contributed by atoms with Crippen LogP contribution in [0, 0.1) is 0 Å². The Morgan fingerprint density at radius 1 is 1.00 bits per heavy atom. The molecule has 0 bridgehead atoms. The van der Waals surface area contributed by atoms with Gasteiger partial charge >= 0.3 is 6.18 Å². The molecule has 0 saturated carbocycles. The Labute approximate surface area is 129 Å². The number of halogens is 5. The maximum atomic E-state index is 12.5. The molecule has 0 spiro atoms. The minimum atomic E-state index is -4.42. The molecule has 0 fully saturated rings. The number of alkyl halides is 3. The van der Waals surface area contributed by atoms with E-state index in [2.05, 4.69) is 5.32 Å². The van der Waals surface area contributed by atoms with E-state index in [1.54, 1.807) is 12.1 Å². The van der Waals surface area contributed by atoms with Gasteiger partial charge in [0.15, 0.2) is 0 Å². The van der Waals surface area contributed by atoms with Crippen molar-refractivity contribution < 1.29 is 18.3 Å². The average Bonchev–Trinajstić information content (AvgIpc) is 2.40. The molecule has 0 aliphatic heterocycles. The summed E-state index contributed by atoms with van der Waals surface area (Å²) in [5.41, 5.74) is 0.341. The van der Waals surface area contributed by atoms with Crippen molar-refractivity contribution in [1.82, 2.24) is 0 Å². The third-order valence-electron chi connectivity index (χ3n) is 2.79. The van der Waals surface area contributed by atoms with Crippen molar-refractivity contribution in [2.45, 2.75) is 12.7 Å². The van der Waals surface area contributed by atoms with E-state index in [1.165, 1.54) is 12.1 Å². The Morgan fingerprint density at radius 3 is 2.29 bits per heavy atom. The molecule has 0 aliphatic carbocycles. The molecule has 0 heterocycles. The molecule has 0 aromatic heterocycles. The molecule has 0 unspecified atom stereocenters. The molecule has 2 nitrogen and oxygen atoms in total. The van der Waals surface area contributed by atoms with Gasteiger partial charge in [0.1, 0.15) is 5.75 Å². The summed E-state index contributed by atoms with van der Waals surface area (Å²) in [7, 11) is 0. The lowest BCUT2D eigenvalue weighted by atomic mass is 10.2. The molecule has 7 heteroatoms. The molecule has 0 radical (unpaired) electrons. The number of nitrogens with one attached hydrogen (secondary N) is 1. The molecular weight excluding hydrogens is 326 g/mol. The van der Waals surface area contributed by atoms with Crippen molar-refractivity contribution in [3.8, 4) is 5.75 Å². The van der Waals surface area contributed by atoms with Crippen molar-refractivity contribution in [2.75, 3.05) is 5.32 Å². The lowest BCUT2D eigenvalue weighted by Crippen LogP contribution is -2.06. The Balaban J connectivity index is 2.11. The molecule has 21 heavy (non-hydrogen) atoms. The number of phenolic OH excluding ortho intramolecular Hbond substituents is 1. The van der Waals surface area contributed by atoms with Crippen LogP contribution in [0.4, 0.5) is 18.9 Å². The van der Waals surface area contributed by atoms with E-state index in [9.17, 15) is 18.3 Å². The predicted molar refractivity (Wildman–Crippen MR) is 76.9 cm³/mol. The first kappa shape index (κ1) is 15.8. The number of aromatic hydroxyl groups is 1. The summed E-state index contributed by atoms with van der Waals surface area (Å²) < 4.78 is 37.5. The van der Waals surface area contributed by atoms with Crippen LogP contribution in [0.15, 0.2) is 36.4 Å². The van der Waals surface area contributed by atoms with Gasteiger partial charge in [0.25, 0.3) is 0 Å². The highest BCUT2D eigenvalue weighted by molar-refractivity contribution is 6.33. The topological polar surface area (TPSA) is 32.3 Å². The summed E-state index contributed by atoms with van der Waals surface area (Å²) in [6.07, 6.45) is -4.42. The SMILES string of the molecule is Oc1ccc(CNc2ccc(C(F)(F)F)cc2Cl)cc1Cl. The largest absolute Gasteiger partial charge is 0.506 e. The van der Waals surface area contributed by atoms with Crippen LogP contribution in [0.3, 0.4) is 0 Å². The van der Waals surface area contributed by atoms with Gasteiger partial charge in [-0.1, -0.05) is 29.3 Å². The van der Waals surface area contributed by atoms with Crippen LogP contribution >= 0.6 is 23.2 Å². The van der Waals surface area contributed by atoms with E-state index in [0.29, 0.717) is 12.2 Å². The smallest absolute Gasteiger partial charge is 0.416 e. The maximum absolute atomic E-state index is 12.5. The molecule has 2 aromatic rings. The van der Waals surface area contributed by atoms with Gasteiger partial charge in [-0.25, -0.2) is 0 Å². The number of anilines is 1. The van der Waals surface area contributed by atoms with E-state index in [1.807, 2.05) is 0 Å². The van der Waals surface area contributed by atoms with Gasteiger partial charge in [-0.05, 0) is 35.9 Å². The van der Waals surface area contributed by atoms with Crippen LogP contribution in [0.2, 0.25) is 10.0 Å². The number of hydrogen-bond donors (Lipinski definition) is 2. The maximum Gasteiger partial charge on any atom is 0.416 e. The molecule has 0 amide bonds. The zero-order valence-corrected chi connectivity index (χ0v) is 12.0. The summed E-state index contributed by atoms with van der Waals surface area (Å²) in [5, 5.41) is 12.4. The third-order valence-corrected chi connectivity index (χ3v) is 3.41. The highest BCUT2D eigenvalue weighted by atomic mass is 35.5. The lowest BCUT2D eigenvalue weighted by Gasteiger charge is -2.12. The first-order chi connectivity index (χ1) is 9.77. The molecule has 0 aliphatic rings. The molecular formula is C14H10Cl2F3NO. The van der Waals surface area contributed by atoms with Gasteiger partial charge < -0.3 is 10.4 Å². The zero-order chi connectivity index (χ0) is 15.6. The van der Waals surface area contributed by atoms with E-state index in [0.717, 1.165) is 17.7 Å². The first-order valence-corrected chi connectivity index (χ1v) is 6.61. The van der Waals surface area contributed by atoms with Crippen LogP contribution in [0.5, 0.6) is 5.75 Å². The predicted octanol–water partition coefficient (Wildman–Crippen LogP) is 5.33. The minimum Gasteiger partial charge on any atom is -0.506 e. The molecule has 112 valence electrons. The second kappa shape index (κ2) is 6.03. The Bertz CT molecular complexity index is 659. The highest BCUT2D eigenvalue weighted by Gasteiger charge is 2.30. The quantitative estimate of drug-likeness (QED) is 0.794. The zero-order valence-electron chi connectivity index (χ0n) is 10.5. The molecule has 0 saturated heterocycles. The van der Waals surface area contributed by atoms with Crippen molar-refractivity contribution in [3.05, 3.63) is 57.6 Å². The Hall–Kier alpha value is -1.59. The fourth-order valence-corrected chi connectivity index (χ4v) is 2.14. The van der Waals surface area contributed by atoms with Crippen LogP contribution in [-0.4, -0.2) is 5.11 Å².